The van der Waals surface area contributed by atoms with Gasteiger partial charge < -0.3 is 15.3 Å². The largest absolute Gasteiger partial charge is 0.480 e. The lowest BCUT2D eigenvalue weighted by molar-refractivity contribution is -0.138. The van der Waals surface area contributed by atoms with Gasteiger partial charge in [0.2, 0.25) is 11.8 Å². The molecule has 8 heteroatoms. The van der Waals surface area contributed by atoms with Crippen LogP contribution in [0, 0.1) is 5.41 Å². The molecule has 0 saturated carbocycles. The Balaban J connectivity index is 1.99. The van der Waals surface area contributed by atoms with E-state index < -0.39 is 12.0 Å². The van der Waals surface area contributed by atoms with Gasteiger partial charge in [-0.1, -0.05) is 20.8 Å². The Morgan fingerprint density at radius 1 is 1.38 bits per heavy atom. The number of aliphatic carboxylic acids is 1. The van der Waals surface area contributed by atoms with Gasteiger partial charge in [0.15, 0.2) is 5.82 Å². The van der Waals surface area contributed by atoms with Gasteiger partial charge in [-0.2, -0.15) is 5.10 Å². The molecule has 1 aliphatic heterocycles. The summed E-state index contributed by atoms with van der Waals surface area (Å²) in [6, 6.07) is 1.04. The fourth-order valence-corrected chi connectivity index (χ4v) is 2.76. The molecule has 2 N–H and O–H groups in total. The minimum atomic E-state index is -1.01. The number of hydrogen-bond donors (Lipinski definition) is 2. The second-order valence-corrected chi connectivity index (χ2v) is 7.26. The SMILES string of the molecule is CC(C)(C)CC(=O)N1CCCC1C(=O)Nc1ccn(CC(=O)O)n1. The van der Waals surface area contributed by atoms with Crippen LogP contribution in [0.4, 0.5) is 5.82 Å². The third-order valence-corrected chi connectivity index (χ3v) is 3.75. The molecular weight excluding hydrogens is 312 g/mol. The van der Waals surface area contributed by atoms with Gasteiger partial charge in [-0.25, -0.2) is 0 Å². The molecule has 0 radical (unpaired) electrons. The summed E-state index contributed by atoms with van der Waals surface area (Å²) in [5.74, 6) is -1.02. The van der Waals surface area contributed by atoms with Crippen LogP contribution in [0.2, 0.25) is 0 Å². The lowest BCUT2D eigenvalue weighted by Crippen LogP contribution is -2.44. The monoisotopic (exact) mass is 336 g/mol. The third-order valence-electron chi connectivity index (χ3n) is 3.75. The molecule has 1 aliphatic rings. The molecule has 0 aliphatic carbocycles. The maximum absolute atomic E-state index is 12.5. The predicted octanol–water partition coefficient (Wildman–Crippen LogP) is 1.33. The van der Waals surface area contributed by atoms with E-state index in [0.29, 0.717) is 19.4 Å². The minimum absolute atomic E-state index is 0.0171. The fraction of sp³-hybridized carbons (Fsp3) is 0.625. The van der Waals surface area contributed by atoms with Crippen molar-refractivity contribution in [3.8, 4) is 0 Å². The Morgan fingerprint density at radius 2 is 2.08 bits per heavy atom. The number of carbonyl (C=O) groups is 3. The summed E-state index contributed by atoms with van der Waals surface area (Å²) in [6.45, 7) is 6.29. The first-order valence-electron chi connectivity index (χ1n) is 8.01. The molecule has 0 spiro atoms. The zero-order chi connectivity index (χ0) is 17.9. The average molecular weight is 336 g/mol. The normalized spacial score (nSPS) is 17.8. The van der Waals surface area contributed by atoms with Gasteiger partial charge in [-0.05, 0) is 18.3 Å². The molecule has 2 amide bonds. The number of carboxylic acid groups (broad SMARTS) is 1. The molecule has 0 aromatic carbocycles. The van der Waals surface area contributed by atoms with Crippen molar-refractivity contribution in [3.63, 3.8) is 0 Å². The second kappa shape index (κ2) is 7.02. The van der Waals surface area contributed by atoms with E-state index in [2.05, 4.69) is 10.4 Å². The Bertz CT molecular complexity index is 632. The number of carboxylic acids is 1. The molecule has 1 unspecified atom stereocenters. The molecule has 0 bridgehead atoms. The second-order valence-electron chi connectivity index (χ2n) is 7.26. The summed E-state index contributed by atoms with van der Waals surface area (Å²) in [6.07, 6.45) is 3.30. The van der Waals surface area contributed by atoms with Crippen LogP contribution in [0.25, 0.3) is 0 Å². The van der Waals surface area contributed by atoms with E-state index in [0.717, 1.165) is 6.42 Å². The number of aromatic nitrogens is 2. The summed E-state index contributed by atoms with van der Waals surface area (Å²) in [5, 5.41) is 15.4. The number of rotatable bonds is 5. The summed E-state index contributed by atoms with van der Waals surface area (Å²) >= 11 is 0. The smallest absolute Gasteiger partial charge is 0.325 e. The van der Waals surface area contributed by atoms with Gasteiger partial charge in [0.25, 0.3) is 0 Å². The van der Waals surface area contributed by atoms with Crippen LogP contribution in [0.15, 0.2) is 12.3 Å². The Labute approximate surface area is 140 Å². The summed E-state index contributed by atoms with van der Waals surface area (Å²) < 4.78 is 1.23. The molecule has 2 rings (SSSR count). The van der Waals surface area contributed by atoms with E-state index >= 15 is 0 Å². The van der Waals surface area contributed by atoms with Crippen molar-refractivity contribution in [1.29, 1.82) is 0 Å². The Kier molecular flexibility index (Phi) is 5.26. The summed E-state index contributed by atoms with van der Waals surface area (Å²) in [5.41, 5.74) is -0.129. The fourth-order valence-electron chi connectivity index (χ4n) is 2.76. The Hall–Kier alpha value is -2.38. The minimum Gasteiger partial charge on any atom is -0.480 e. The highest BCUT2D eigenvalue weighted by molar-refractivity contribution is 5.96. The molecule has 1 saturated heterocycles. The zero-order valence-corrected chi connectivity index (χ0v) is 14.3. The van der Waals surface area contributed by atoms with Crippen molar-refractivity contribution in [2.75, 3.05) is 11.9 Å². The van der Waals surface area contributed by atoms with Gasteiger partial charge in [-0.3, -0.25) is 19.1 Å². The van der Waals surface area contributed by atoms with Crippen LogP contribution in [-0.4, -0.2) is 50.2 Å². The van der Waals surface area contributed by atoms with Crippen molar-refractivity contribution >= 4 is 23.6 Å². The molecule has 1 fully saturated rings. The van der Waals surface area contributed by atoms with E-state index in [1.54, 1.807) is 4.90 Å². The number of nitrogens with zero attached hydrogens (tertiary/aromatic N) is 3. The van der Waals surface area contributed by atoms with Crippen molar-refractivity contribution in [2.24, 2.45) is 5.41 Å². The summed E-state index contributed by atoms with van der Waals surface area (Å²) in [7, 11) is 0. The van der Waals surface area contributed by atoms with Crippen LogP contribution in [0.1, 0.15) is 40.0 Å². The summed E-state index contributed by atoms with van der Waals surface area (Å²) in [4.78, 5) is 37.2. The average Bonchev–Trinajstić information content (AvgIpc) is 3.05. The predicted molar refractivity (Wildman–Crippen MR) is 87.3 cm³/mol. The first-order valence-corrected chi connectivity index (χ1v) is 8.01. The lowest BCUT2D eigenvalue weighted by atomic mass is 9.91. The highest BCUT2D eigenvalue weighted by Gasteiger charge is 2.35. The first kappa shape index (κ1) is 18.0. The van der Waals surface area contributed by atoms with Gasteiger partial charge in [0, 0.05) is 25.2 Å². The van der Waals surface area contributed by atoms with E-state index in [1.165, 1.54) is 16.9 Å². The van der Waals surface area contributed by atoms with Crippen LogP contribution < -0.4 is 5.32 Å². The maximum atomic E-state index is 12.5. The van der Waals surface area contributed by atoms with Crippen molar-refractivity contribution in [3.05, 3.63) is 12.3 Å². The van der Waals surface area contributed by atoms with E-state index in [9.17, 15) is 14.4 Å². The molecule has 24 heavy (non-hydrogen) atoms. The number of carbonyl (C=O) groups excluding carboxylic acids is 2. The van der Waals surface area contributed by atoms with Gasteiger partial charge in [-0.15, -0.1) is 0 Å². The van der Waals surface area contributed by atoms with Crippen molar-refractivity contribution in [2.45, 2.75) is 52.6 Å². The molecule has 1 aromatic heterocycles. The standard InChI is InChI=1S/C16H24N4O4/c1-16(2,3)9-13(21)20-7-4-5-11(20)15(24)17-12-6-8-19(18-12)10-14(22)23/h6,8,11H,4-5,7,9-10H2,1-3H3,(H,22,23)(H,17,18,24). The quantitative estimate of drug-likeness (QED) is 0.844. The van der Waals surface area contributed by atoms with Crippen LogP contribution in [0.3, 0.4) is 0 Å². The molecule has 1 atom stereocenters. The van der Waals surface area contributed by atoms with Crippen molar-refractivity contribution in [1.82, 2.24) is 14.7 Å². The van der Waals surface area contributed by atoms with Crippen molar-refractivity contribution < 1.29 is 19.5 Å². The highest BCUT2D eigenvalue weighted by Crippen LogP contribution is 2.25. The Morgan fingerprint density at radius 3 is 2.71 bits per heavy atom. The number of hydrogen-bond acceptors (Lipinski definition) is 4. The first-order chi connectivity index (χ1) is 11.2. The molecule has 1 aromatic rings. The number of nitrogens with one attached hydrogen (secondary N) is 1. The van der Waals surface area contributed by atoms with E-state index in [-0.39, 0.29) is 29.6 Å². The van der Waals surface area contributed by atoms with Gasteiger partial charge in [0.05, 0.1) is 0 Å². The van der Waals surface area contributed by atoms with Crippen LogP contribution in [0.5, 0.6) is 0 Å². The topological polar surface area (TPSA) is 105 Å². The lowest BCUT2D eigenvalue weighted by Gasteiger charge is -2.27. The number of amides is 2. The van der Waals surface area contributed by atoms with Crippen LogP contribution in [-0.2, 0) is 20.9 Å². The number of likely N-dealkylation sites (tertiary alicyclic amines) is 1. The number of anilines is 1. The highest BCUT2D eigenvalue weighted by atomic mass is 16.4. The van der Waals surface area contributed by atoms with Gasteiger partial charge >= 0.3 is 5.97 Å². The molecular formula is C16H24N4O4. The van der Waals surface area contributed by atoms with Crippen LogP contribution >= 0.6 is 0 Å². The molecule has 132 valence electrons. The third kappa shape index (κ3) is 4.81. The van der Waals surface area contributed by atoms with E-state index in [1.807, 2.05) is 20.8 Å². The van der Waals surface area contributed by atoms with E-state index in [4.69, 9.17) is 5.11 Å². The zero-order valence-electron chi connectivity index (χ0n) is 14.3. The maximum Gasteiger partial charge on any atom is 0.325 e. The van der Waals surface area contributed by atoms with Gasteiger partial charge in [0.1, 0.15) is 12.6 Å². The molecule has 2 heterocycles. The molecule has 8 nitrogen and oxygen atoms in total.